The van der Waals surface area contributed by atoms with E-state index in [2.05, 4.69) is 26.7 Å². The maximum absolute atomic E-state index is 12.0. The Morgan fingerprint density at radius 3 is 2.79 bits per heavy atom. The maximum Gasteiger partial charge on any atom is 0.257 e. The van der Waals surface area contributed by atoms with E-state index in [1.807, 2.05) is 0 Å². The Kier molecular flexibility index (Phi) is 4.95. The largest absolute Gasteiger partial charge is 0.303 e. The summed E-state index contributed by atoms with van der Waals surface area (Å²) < 4.78 is 26.8. The van der Waals surface area contributed by atoms with Gasteiger partial charge in [-0.1, -0.05) is 13.3 Å². The number of hydrogen-bond acceptors (Lipinski definition) is 4. The molecule has 0 amide bonds. The zero-order chi connectivity index (χ0) is 13.7. The lowest BCUT2D eigenvalue weighted by molar-refractivity contribution is 0.205. The van der Waals surface area contributed by atoms with Crippen molar-refractivity contribution in [2.45, 2.75) is 43.7 Å². The minimum absolute atomic E-state index is 0.0335. The molecule has 0 aromatic carbocycles. The molecule has 1 aromatic rings. The molecular weight excluding hydrogens is 264 g/mol. The molecule has 0 aliphatic carbocycles. The Morgan fingerprint density at radius 1 is 1.47 bits per heavy atom. The molecule has 0 saturated carbocycles. The monoisotopic (exact) mass is 286 g/mol. The molecule has 19 heavy (non-hydrogen) atoms. The van der Waals surface area contributed by atoms with Crippen molar-refractivity contribution in [3.63, 3.8) is 0 Å². The van der Waals surface area contributed by atoms with Gasteiger partial charge in [0.05, 0.1) is 6.20 Å². The van der Waals surface area contributed by atoms with Crippen molar-refractivity contribution in [2.75, 3.05) is 19.6 Å². The van der Waals surface area contributed by atoms with E-state index < -0.39 is 10.0 Å². The lowest BCUT2D eigenvalue weighted by Gasteiger charge is -2.31. The van der Waals surface area contributed by atoms with Crippen molar-refractivity contribution in [2.24, 2.45) is 0 Å². The Hall–Kier alpha value is -0.920. The number of rotatable bonds is 6. The molecule has 1 fully saturated rings. The van der Waals surface area contributed by atoms with Crippen molar-refractivity contribution in [3.05, 3.63) is 12.3 Å². The summed E-state index contributed by atoms with van der Waals surface area (Å²) in [7, 11) is -3.44. The Labute approximate surface area is 114 Å². The highest BCUT2D eigenvalue weighted by Gasteiger charge is 2.24. The summed E-state index contributed by atoms with van der Waals surface area (Å²) in [6, 6.07) is 1.50. The van der Waals surface area contributed by atoms with Crippen molar-refractivity contribution >= 4 is 10.0 Å². The molecule has 2 N–H and O–H groups in total. The fourth-order valence-electron chi connectivity index (χ4n) is 2.33. The second-order valence-electron chi connectivity index (χ2n) is 5.01. The van der Waals surface area contributed by atoms with E-state index >= 15 is 0 Å². The first-order valence-electron chi connectivity index (χ1n) is 6.86. The van der Waals surface area contributed by atoms with Gasteiger partial charge in [0.1, 0.15) is 0 Å². The van der Waals surface area contributed by atoms with E-state index in [0.717, 1.165) is 32.5 Å². The first-order valence-corrected chi connectivity index (χ1v) is 8.34. The molecule has 2 rings (SSSR count). The first-order chi connectivity index (χ1) is 9.12. The number of aromatic amines is 1. The van der Waals surface area contributed by atoms with Crippen LogP contribution in [-0.2, 0) is 10.0 Å². The number of hydrogen-bond donors (Lipinski definition) is 2. The molecule has 7 heteroatoms. The molecule has 1 aliphatic heterocycles. The Bertz CT molecular complexity index is 464. The van der Waals surface area contributed by atoms with Crippen molar-refractivity contribution < 1.29 is 8.42 Å². The van der Waals surface area contributed by atoms with Crippen LogP contribution in [0.15, 0.2) is 17.3 Å². The quantitative estimate of drug-likeness (QED) is 0.816. The van der Waals surface area contributed by atoms with Crippen molar-refractivity contribution in [1.29, 1.82) is 0 Å². The minimum atomic E-state index is -3.44. The third-order valence-electron chi connectivity index (χ3n) is 3.50. The van der Waals surface area contributed by atoms with Crippen LogP contribution in [0.1, 0.15) is 32.6 Å². The van der Waals surface area contributed by atoms with Crippen LogP contribution in [0.3, 0.4) is 0 Å². The van der Waals surface area contributed by atoms with Gasteiger partial charge < -0.3 is 4.90 Å². The third kappa shape index (κ3) is 4.02. The highest BCUT2D eigenvalue weighted by molar-refractivity contribution is 7.89. The van der Waals surface area contributed by atoms with Gasteiger partial charge in [-0.05, 0) is 45.0 Å². The molecular formula is C12H22N4O2S. The maximum atomic E-state index is 12.0. The predicted octanol–water partition coefficient (Wildman–Crippen LogP) is 0.952. The molecule has 0 spiro atoms. The van der Waals surface area contributed by atoms with E-state index in [9.17, 15) is 8.42 Å². The zero-order valence-electron chi connectivity index (χ0n) is 11.3. The summed E-state index contributed by atoms with van der Waals surface area (Å²) in [5.41, 5.74) is 0. The molecule has 1 aliphatic rings. The normalized spacial score (nSPS) is 18.8. The van der Waals surface area contributed by atoms with Gasteiger partial charge in [0, 0.05) is 6.04 Å². The van der Waals surface area contributed by atoms with Crippen LogP contribution in [0, 0.1) is 0 Å². The summed E-state index contributed by atoms with van der Waals surface area (Å²) >= 11 is 0. The van der Waals surface area contributed by atoms with Crippen molar-refractivity contribution in [1.82, 2.24) is 19.8 Å². The van der Waals surface area contributed by atoms with E-state index in [0.29, 0.717) is 0 Å². The number of unbranched alkanes of at least 4 members (excludes halogenated alkanes) is 1. The molecule has 1 saturated heterocycles. The highest BCUT2D eigenvalue weighted by atomic mass is 32.2. The van der Waals surface area contributed by atoms with Gasteiger partial charge in [0.15, 0.2) is 5.03 Å². The van der Waals surface area contributed by atoms with E-state index in [4.69, 9.17) is 0 Å². The van der Waals surface area contributed by atoms with Gasteiger partial charge >= 0.3 is 0 Å². The highest BCUT2D eigenvalue weighted by Crippen LogP contribution is 2.14. The van der Waals surface area contributed by atoms with Gasteiger partial charge in [-0.15, -0.1) is 0 Å². The van der Waals surface area contributed by atoms with Gasteiger partial charge in [0.25, 0.3) is 10.0 Å². The molecule has 6 nitrogen and oxygen atoms in total. The molecule has 0 atom stereocenters. The average Bonchev–Trinajstić information content (AvgIpc) is 2.92. The molecule has 0 radical (unpaired) electrons. The topological polar surface area (TPSA) is 78.1 Å². The predicted molar refractivity (Wildman–Crippen MR) is 73.3 cm³/mol. The summed E-state index contributed by atoms with van der Waals surface area (Å²) in [6.45, 7) is 5.24. The van der Waals surface area contributed by atoms with Crippen LogP contribution in [0.2, 0.25) is 0 Å². The third-order valence-corrected chi connectivity index (χ3v) is 4.95. The smallest absolute Gasteiger partial charge is 0.257 e. The number of nitrogens with zero attached hydrogens (tertiary/aromatic N) is 2. The summed E-state index contributed by atoms with van der Waals surface area (Å²) in [5, 5.41) is 6.31. The summed E-state index contributed by atoms with van der Waals surface area (Å²) in [6.07, 6.45) is 5.60. The van der Waals surface area contributed by atoms with Crippen LogP contribution >= 0.6 is 0 Å². The fourth-order valence-corrected chi connectivity index (χ4v) is 3.55. The minimum Gasteiger partial charge on any atom is -0.303 e. The van der Waals surface area contributed by atoms with Crippen LogP contribution in [0.5, 0.6) is 0 Å². The van der Waals surface area contributed by atoms with Gasteiger partial charge in [-0.3, -0.25) is 5.10 Å². The van der Waals surface area contributed by atoms with Crippen LogP contribution in [0.4, 0.5) is 0 Å². The summed E-state index contributed by atoms with van der Waals surface area (Å²) in [5.74, 6) is 0. The number of H-pyrrole nitrogens is 1. The van der Waals surface area contributed by atoms with Gasteiger partial charge in [-0.2, -0.15) is 5.10 Å². The number of aromatic nitrogens is 2. The van der Waals surface area contributed by atoms with Crippen molar-refractivity contribution in [3.8, 4) is 0 Å². The van der Waals surface area contributed by atoms with E-state index in [1.54, 1.807) is 0 Å². The standard InChI is InChI=1S/C12H22N4O2S/c1-2-3-8-16-9-5-11(6-10-16)15-19(17,18)12-4-7-13-14-12/h4,7,11,15H,2-3,5-6,8-10H2,1H3,(H,13,14). The zero-order valence-corrected chi connectivity index (χ0v) is 12.1. The SMILES string of the molecule is CCCCN1CCC(NS(=O)(=O)c2ccn[nH]2)CC1. The number of sulfonamides is 1. The number of likely N-dealkylation sites (tertiary alicyclic amines) is 1. The molecule has 0 bridgehead atoms. The first kappa shape index (κ1) is 14.5. The van der Waals surface area contributed by atoms with Crippen LogP contribution < -0.4 is 4.72 Å². The lowest BCUT2D eigenvalue weighted by atomic mass is 10.1. The second kappa shape index (κ2) is 6.49. The van der Waals surface area contributed by atoms with Crippen LogP contribution in [0.25, 0.3) is 0 Å². The van der Waals surface area contributed by atoms with Crippen LogP contribution in [-0.4, -0.2) is 49.2 Å². The number of piperidine rings is 1. The fraction of sp³-hybridized carbons (Fsp3) is 0.750. The van der Waals surface area contributed by atoms with Gasteiger partial charge in [-0.25, -0.2) is 13.1 Å². The molecule has 1 aromatic heterocycles. The Balaban J connectivity index is 1.83. The Morgan fingerprint density at radius 2 is 2.21 bits per heavy atom. The molecule has 0 unspecified atom stereocenters. The van der Waals surface area contributed by atoms with E-state index in [1.165, 1.54) is 25.1 Å². The van der Waals surface area contributed by atoms with Gasteiger partial charge in [0.2, 0.25) is 0 Å². The molecule has 108 valence electrons. The molecule has 2 heterocycles. The second-order valence-corrected chi connectivity index (χ2v) is 6.69. The summed E-state index contributed by atoms with van der Waals surface area (Å²) in [4.78, 5) is 2.41. The number of nitrogens with one attached hydrogen (secondary N) is 2. The average molecular weight is 286 g/mol. The lowest BCUT2D eigenvalue weighted by Crippen LogP contribution is -2.44. The van der Waals surface area contributed by atoms with E-state index in [-0.39, 0.29) is 11.1 Å².